The molecule has 5 nitrogen and oxygen atoms in total. The standard InChI is InChI=1S/C12H20N2O3S2/c1-9-12(5-11(6-13)18-9)19(15,16)14-4-3-10(7-14)8-17-2/h5,10H,3-4,6-8,13H2,1-2H3. The number of nitrogens with two attached hydrogens (primary N) is 1. The summed E-state index contributed by atoms with van der Waals surface area (Å²) in [6.07, 6.45) is 0.861. The lowest BCUT2D eigenvalue weighted by atomic mass is 10.1. The minimum absolute atomic E-state index is 0.299. The van der Waals surface area contributed by atoms with E-state index in [-0.39, 0.29) is 0 Å². The minimum Gasteiger partial charge on any atom is -0.384 e. The second-order valence-corrected chi connectivity index (χ2v) is 8.06. The number of thiophene rings is 1. The smallest absolute Gasteiger partial charge is 0.244 e. The summed E-state index contributed by atoms with van der Waals surface area (Å²) in [6.45, 7) is 3.95. The number of ether oxygens (including phenoxy) is 1. The number of hydrogen-bond acceptors (Lipinski definition) is 5. The Balaban J connectivity index is 2.21. The highest BCUT2D eigenvalue weighted by molar-refractivity contribution is 7.89. The van der Waals surface area contributed by atoms with Crippen LogP contribution in [0, 0.1) is 12.8 Å². The topological polar surface area (TPSA) is 72.6 Å². The third kappa shape index (κ3) is 3.00. The largest absolute Gasteiger partial charge is 0.384 e. The number of sulfonamides is 1. The maximum atomic E-state index is 12.6. The van der Waals surface area contributed by atoms with Crippen molar-refractivity contribution in [3.05, 3.63) is 15.8 Å². The minimum atomic E-state index is -3.38. The number of nitrogens with zero attached hydrogens (tertiary/aromatic N) is 1. The van der Waals surface area contributed by atoms with Gasteiger partial charge in [-0.25, -0.2) is 8.42 Å². The molecule has 7 heteroatoms. The quantitative estimate of drug-likeness (QED) is 0.886. The molecule has 1 unspecified atom stereocenters. The van der Waals surface area contributed by atoms with Crippen molar-refractivity contribution in [1.29, 1.82) is 0 Å². The predicted molar refractivity (Wildman–Crippen MR) is 75.7 cm³/mol. The number of aryl methyl sites for hydroxylation is 1. The van der Waals surface area contributed by atoms with Crippen molar-refractivity contribution >= 4 is 21.4 Å². The average Bonchev–Trinajstić information content (AvgIpc) is 2.96. The molecule has 1 aromatic rings. The fourth-order valence-corrected chi connectivity index (χ4v) is 5.42. The summed E-state index contributed by atoms with van der Waals surface area (Å²) in [6, 6.07) is 1.71. The average molecular weight is 304 g/mol. The Bertz CT molecular complexity index is 539. The summed E-state index contributed by atoms with van der Waals surface area (Å²) < 4.78 is 31.8. The molecule has 1 fully saturated rings. The van der Waals surface area contributed by atoms with Crippen LogP contribution >= 0.6 is 11.3 Å². The van der Waals surface area contributed by atoms with Crippen molar-refractivity contribution in [2.45, 2.75) is 24.8 Å². The van der Waals surface area contributed by atoms with Crippen molar-refractivity contribution in [2.75, 3.05) is 26.8 Å². The van der Waals surface area contributed by atoms with Crippen molar-refractivity contribution in [3.8, 4) is 0 Å². The van der Waals surface area contributed by atoms with Crippen LogP contribution in [0.5, 0.6) is 0 Å². The summed E-state index contributed by atoms with van der Waals surface area (Å²) in [4.78, 5) is 2.13. The van der Waals surface area contributed by atoms with Crippen LogP contribution in [0.2, 0.25) is 0 Å². The number of rotatable bonds is 5. The second-order valence-electron chi connectivity index (χ2n) is 4.81. The zero-order valence-electron chi connectivity index (χ0n) is 11.3. The van der Waals surface area contributed by atoms with Gasteiger partial charge in [-0.05, 0) is 25.3 Å². The molecule has 1 atom stereocenters. The summed E-state index contributed by atoms with van der Waals surface area (Å²) in [5.41, 5.74) is 5.58. The molecule has 2 heterocycles. The van der Waals surface area contributed by atoms with Gasteiger partial charge in [-0.2, -0.15) is 4.31 Å². The van der Waals surface area contributed by atoms with Crippen LogP contribution in [0.25, 0.3) is 0 Å². The molecule has 0 bridgehead atoms. The molecular formula is C12H20N2O3S2. The summed E-state index contributed by atoms with van der Waals surface area (Å²) >= 11 is 1.46. The van der Waals surface area contributed by atoms with Gasteiger partial charge < -0.3 is 10.5 Å². The number of hydrogen-bond donors (Lipinski definition) is 1. The van der Waals surface area contributed by atoms with Gasteiger partial charge in [-0.1, -0.05) is 0 Å². The summed E-state index contributed by atoms with van der Waals surface area (Å²) in [7, 11) is -1.73. The van der Waals surface area contributed by atoms with Crippen molar-refractivity contribution in [3.63, 3.8) is 0 Å². The summed E-state index contributed by atoms with van der Waals surface area (Å²) in [5.74, 6) is 0.299. The third-order valence-corrected chi connectivity index (χ3v) is 6.59. The first kappa shape index (κ1) is 14.9. The zero-order valence-corrected chi connectivity index (χ0v) is 12.9. The molecule has 0 aromatic carbocycles. The normalized spacial score (nSPS) is 21.1. The predicted octanol–water partition coefficient (Wildman–Crippen LogP) is 1.17. The van der Waals surface area contributed by atoms with Crippen LogP contribution in [-0.4, -0.2) is 39.5 Å². The fourth-order valence-electron chi connectivity index (χ4n) is 2.41. The monoisotopic (exact) mass is 304 g/mol. The van der Waals surface area contributed by atoms with Crippen LogP contribution in [0.15, 0.2) is 11.0 Å². The number of methoxy groups -OCH3 is 1. The lowest BCUT2D eigenvalue weighted by Crippen LogP contribution is -2.29. The van der Waals surface area contributed by atoms with E-state index in [0.717, 1.165) is 16.2 Å². The van der Waals surface area contributed by atoms with E-state index in [2.05, 4.69) is 0 Å². The van der Waals surface area contributed by atoms with E-state index in [4.69, 9.17) is 10.5 Å². The van der Waals surface area contributed by atoms with Gasteiger partial charge in [-0.15, -0.1) is 11.3 Å². The van der Waals surface area contributed by atoms with Crippen molar-refractivity contribution in [2.24, 2.45) is 11.7 Å². The molecule has 0 radical (unpaired) electrons. The Morgan fingerprint density at radius 1 is 1.58 bits per heavy atom. The molecule has 2 rings (SSSR count). The molecule has 1 aliphatic heterocycles. The summed E-state index contributed by atoms with van der Waals surface area (Å²) in [5, 5.41) is 0. The first-order chi connectivity index (χ1) is 8.98. The van der Waals surface area contributed by atoms with Gasteiger partial charge in [0.15, 0.2) is 0 Å². The van der Waals surface area contributed by atoms with Gasteiger partial charge in [-0.3, -0.25) is 0 Å². The van der Waals surface area contributed by atoms with Crippen molar-refractivity contribution in [1.82, 2.24) is 4.31 Å². The van der Waals surface area contributed by atoms with Crippen LogP contribution in [0.1, 0.15) is 16.2 Å². The van der Waals surface area contributed by atoms with E-state index in [9.17, 15) is 8.42 Å². The van der Waals surface area contributed by atoms with Gasteiger partial charge in [0, 0.05) is 36.5 Å². The molecule has 0 aliphatic carbocycles. The van der Waals surface area contributed by atoms with E-state index in [0.29, 0.717) is 37.1 Å². The van der Waals surface area contributed by atoms with E-state index in [1.807, 2.05) is 6.92 Å². The molecular weight excluding hydrogens is 284 g/mol. The molecule has 1 saturated heterocycles. The Labute approximate surface area is 118 Å². The zero-order chi connectivity index (χ0) is 14.0. The molecule has 2 N–H and O–H groups in total. The van der Waals surface area contributed by atoms with Gasteiger partial charge in [0.1, 0.15) is 0 Å². The van der Waals surface area contributed by atoms with E-state index in [1.165, 1.54) is 11.3 Å². The highest BCUT2D eigenvalue weighted by Crippen LogP contribution is 2.30. The lowest BCUT2D eigenvalue weighted by Gasteiger charge is -2.16. The molecule has 1 aliphatic rings. The molecule has 0 spiro atoms. The van der Waals surface area contributed by atoms with Crippen LogP contribution < -0.4 is 5.73 Å². The maximum Gasteiger partial charge on any atom is 0.244 e. The molecule has 108 valence electrons. The van der Waals surface area contributed by atoms with E-state index < -0.39 is 10.0 Å². The molecule has 0 amide bonds. The van der Waals surface area contributed by atoms with Crippen LogP contribution in [-0.2, 0) is 21.3 Å². The maximum absolute atomic E-state index is 12.6. The van der Waals surface area contributed by atoms with Gasteiger partial charge in [0.05, 0.1) is 11.5 Å². The molecule has 1 aromatic heterocycles. The fraction of sp³-hybridized carbons (Fsp3) is 0.667. The van der Waals surface area contributed by atoms with Crippen LogP contribution in [0.4, 0.5) is 0 Å². The third-order valence-electron chi connectivity index (χ3n) is 3.39. The highest BCUT2D eigenvalue weighted by atomic mass is 32.2. The Kier molecular flexibility index (Phi) is 4.62. The molecule has 19 heavy (non-hydrogen) atoms. The Hall–Kier alpha value is -0.470. The van der Waals surface area contributed by atoms with E-state index in [1.54, 1.807) is 17.5 Å². The highest BCUT2D eigenvalue weighted by Gasteiger charge is 2.34. The Morgan fingerprint density at radius 3 is 2.89 bits per heavy atom. The van der Waals surface area contributed by atoms with Crippen LogP contribution in [0.3, 0.4) is 0 Å². The first-order valence-electron chi connectivity index (χ1n) is 6.27. The first-order valence-corrected chi connectivity index (χ1v) is 8.53. The van der Waals surface area contributed by atoms with Gasteiger partial charge >= 0.3 is 0 Å². The second kappa shape index (κ2) is 5.88. The lowest BCUT2D eigenvalue weighted by molar-refractivity contribution is 0.157. The van der Waals surface area contributed by atoms with Gasteiger partial charge in [0.25, 0.3) is 0 Å². The molecule has 0 saturated carbocycles. The SMILES string of the molecule is COCC1CCN(S(=O)(=O)c2cc(CN)sc2C)C1. The van der Waals surface area contributed by atoms with Crippen molar-refractivity contribution < 1.29 is 13.2 Å². The Morgan fingerprint density at radius 2 is 2.32 bits per heavy atom. The van der Waals surface area contributed by atoms with Gasteiger partial charge in [0.2, 0.25) is 10.0 Å². The van der Waals surface area contributed by atoms with E-state index >= 15 is 0 Å².